The van der Waals surface area contributed by atoms with Crippen LogP contribution in [-0.2, 0) is 6.42 Å². The lowest BCUT2D eigenvalue weighted by Crippen LogP contribution is -1.96. The van der Waals surface area contributed by atoms with Crippen molar-refractivity contribution in [1.29, 1.82) is 0 Å². The van der Waals surface area contributed by atoms with Gasteiger partial charge in [-0.25, -0.2) is 0 Å². The van der Waals surface area contributed by atoms with Gasteiger partial charge in [0.05, 0.1) is 11.2 Å². The number of benzene rings is 8. The highest BCUT2D eigenvalue weighted by Crippen LogP contribution is 2.44. The van der Waals surface area contributed by atoms with Gasteiger partial charge >= 0.3 is 0 Å². The van der Waals surface area contributed by atoms with Gasteiger partial charge in [0.1, 0.15) is 0 Å². The summed E-state index contributed by atoms with van der Waals surface area (Å²) < 4.78 is 2.37. The van der Waals surface area contributed by atoms with E-state index in [0.717, 1.165) is 12.1 Å². The molecule has 0 fully saturated rings. The van der Waals surface area contributed by atoms with Crippen molar-refractivity contribution in [2.24, 2.45) is 0 Å². The van der Waals surface area contributed by atoms with E-state index in [9.17, 15) is 0 Å². The van der Waals surface area contributed by atoms with Crippen molar-refractivity contribution in [2.45, 2.75) is 6.42 Å². The van der Waals surface area contributed by atoms with Crippen LogP contribution >= 0.6 is 0 Å². The number of nitrogens with zero attached hydrogens (tertiary/aromatic N) is 1. The number of fused-ring (bicyclic) bond motifs is 1. The first kappa shape index (κ1) is 28.1. The molecular formula is C47H33N. The molecule has 226 valence electrons. The summed E-state index contributed by atoms with van der Waals surface area (Å²) in [6.07, 6.45) is 6.88. The van der Waals surface area contributed by atoms with E-state index in [1.54, 1.807) is 0 Å². The molecule has 1 aromatic heterocycles. The van der Waals surface area contributed by atoms with Crippen molar-refractivity contribution in [1.82, 2.24) is 4.57 Å². The van der Waals surface area contributed by atoms with Crippen molar-refractivity contribution in [3.05, 3.63) is 188 Å². The van der Waals surface area contributed by atoms with Gasteiger partial charge in [0, 0.05) is 11.1 Å². The highest BCUT2D eigenvalue weighted by Gasteiger charge is 2.18. The quantitative estimate of drug-likeness (QED) is 0.125. The molecule has 9 rings (SSSR count). The van der Waals surface area contributed by atoms with Gasteiger partial charge in [0.2, 0.25) is 0 Å². The van der Waals surface area contributed by atoms with Crippen LogP contribution in [0.1, 0.15) is 5.56 Å². The SMILES string of the molecule is C=C/C=C\Cc1ccc(-c2cc(-c3ccc(-c4cc5ccccc5n4-c4ccccc4)cc3)c3ccc4cccc5ccc2c3c54)cc1. The molecule has 48 heavy (non-hydrogen) atoms. The fraction of sp³-hybridized carbons (Fsp3) is 0.0213. The molecule has 1 heteroatoms. The standard InChI is InChI=1S/C47H33N/c1-2-3-5-11-32-18-20-33(21-19-32)42-31-43(41-29-27-37-14-10-13-36-26-28-40(42)47(41)46(36)37)34-22-24-35(25-23-34)45-30-38-12-8-9-17-44(38)48(45)39-15-6-4-7-16-39/h2-10,12-31H,1,11H2/b5-3-. The second-order valence-corrected chi connectivity index (χ2v) is 12.6. The third-order valence-corrected chi connectivity index (χ3v) is 9.75. The van der Waals surface area contributed by atoms with Crippen molar-refractivity contribution < 1.29 is 0 Å². The van der Waals surface area contributed by atoms with Gasteiger partial charge < -0.3 is 4.57 Å². The third kappa shape index (κ3) is 4.63. The van der Waals surface area contributed by atoms with Crippen molar-refractivity contribution in [3.63, 3.8) is 0 Å². The van der Waals surface area contributed by atoms with Crippen LogP contribution in [0.3, 0.4) is 0 Å². The molecular weight excluding hydrogens is 579 g/mol. The van der Waals surface area contributed by atoms with Crippen LogP contribution in [0.2, 0.25) is 0 Å². The zero-order valence-electron chi connectivity index (χ0n) is 26.6. The smallest absolute Gasteiger partial charge is 0.0540 e. The maximum Gasteiger partial charge on any atom is 0.0540 e. The van der Waals surface area contributed by atoms with Crippen LogP contribution in [0.4, 0.5) is 0 Å². The molecule has 0 aliphatic heterocycles. The van der Waals surface area contributed by atoms with E-state index in [1.165, 1.54) is 82.3 Å². The zero-order valence-corrected chi connectivity index (χ0v) is 26.6. The maximum absolute atomic E-state index is 3.80. The van der Waals surface area contributed by atoms with Gasteiger partial charge in [-0.2, -0.15) is 0 Å². The molecule has 0 radical (unpaired) electrons. The Hall–Kier alpha value is -6.18. The molecule has 1 heterocycles. The number of para-hydroxylation sites is 2. The van der Waals surface area contributed by atoms with E-state index in [0.29, 0.717) is 0 Å². The maximum atomic E-state index is 3.80. The van der Waals surface area contributed by atoms with E-state index in [2.05, 4.69) is 175 Å². The summed E-state index contributed by atoms with van der Waals surface area (Å²) in [7, 11) is 0. The lowest BCUT2D eigenvalue weighted by atomic mass is 9.85. The highest BCUT2D eigenvalue weighted by molar-refractivity contribution is 6.28. The number of allylic oxidation sites excluding steroid dienone is 3. The van der Waals surface area contributed by atoms with E-state index < -0.39 is 0 Å². The fourth-order valence-electron chi connectivity index (χ4n) is 7.47. The summed E-state index contributed by atoms with van der Waals surface area (Å²) in [4.78, 5) is 0. The second kappa shape index (κ2) is 11.6. The molecule has 0 unspecified atom stereocenters. The molecule has 0 aliphatic rings. The van der Waals surface area contributed by atoms with Gasteiger partial charge in [-0.1, -0.05) is 152 Å². The first-order chi connectivity index (χ1) is 23.8. The predicted molar refractivity (Wildman–Crippen MR) is 206 cm³/mol. The average molecular weight is 612 g/mol. The fourth-order valence-corrected chi connectivity index (χ4v) is 7.47. The summed E-state index contributed by atoms with van der Waals surface area (Å²) in [6.45, 7) is 3.80. The molecule has 9 aromatic rings. The number of aromatic nitrogens is 1. The highest BCUT2D eigenvalue weighted by atomic mass is 15.0. The summed E-state index contributed by atoms with van der Waals surface area (Å²) in [5.74, 6) is 0. The molecule has 0 aliphatic carbocycles. The Morgan fingerprint density at radius 3 is 1.79 bits per heavy atom. The second-order valence-electron chi connectivity index (χ2n) is 12.6. The topological polar surface area (TPSA) is 4.93 Å². The molecule has 0 N–H and O–H groups in total. The van der Waals surface area contributed by atoms with E-state index in [1.807, 2.05) is 12.2 Å². The first-order valence-corrected chi connectivity index (χ1v) is 16.6. The summed E-state index contributed by atoms with van der Waals surface area (Å²) >= 11 is 0. The van der Waals surface area contributed by atoms with Gasteiger partial charge in [-0.3, -0.25) is 0 Å². The van der Waals surface area contributed by atoms with E-state index in [-0.39, 0.29) is 0 Å². The minimum Gasteiger partial charge on any atom is -0.309 e. The monoisotopic (exact) mass is 611 g/mol. The number of hydrogen-bond donors (Lipinski definition) is 0. The van der Waals surface area contributed by atoms with Crippen LogP contribution in [0.25, 0.3) is 82.4 Å². The summed E-state index contributed by atoms with van der Waals surface area (Å²) in [5, 5.41) is 9.05. The Kier molecular flexibility index (Phi) is 6.76. The number of rotatable bonds is 7. The zero-order chi connectivity index (χ0) is 32.0. The Balaban J connectivity index is 1.22. The van der Waals surface area contributed by atoms with E-state index in [4.69, 9.17) is 0 Å². The third-order valence-electron chi connectivity index (χ3n) is 9.75. The molecule has 0 bridgehead atoms. The van der Waals surface area contributed by atoms with Gasteiger partial charge in [-0.05, 0) is 102 Å². The van der Waals surface area contributed by atoms with Gasteiger partial charge in [0.25, 0.3) is 0 Å². The molecule has 0 amide bonds. The van der Waals surface area contributed by atoms with Crippen molar-refractivity contribution >= 4 is 43.2 Å². The first-order valence-electron chi connectivity index (χ1n) is 16.6. The Labute approximate surface area is 280 Å². The average Bonchev–Trinajstić information content (AvgIpc) is 3.54. The lowest BCUT2D eigenvalue weighted by Gasteiger charge is -2.18. The van der Waals surface area contributed by atoms with Crippen LogP contribution in [0, 0.1) is 0 Å². The number of hydrogen-bond acceptors (Lipinski definition) is 0. The minimum absolute atomic E-state index is 0.894. The van der Waals surface area contributed by atoms with Gasteiger partial charge in [0.15, 0.2) is 0 Å². The summed E-state index contributed by atoms with van der Waals surface area (Å²) in [5.41, 5.74) is 11.0. The summed E-state index contributed by atoms with van der Waals surface area (Å²) in [6, 6.07) is 58.1. The molecule has 1 nitrogen and oxygen atoms in total. The molecule has 0 spiro atoms. The molecule has 0 saturated heterocycles. The van der Waals surface area contributed by atoms with Crippen molar-refractivity contribution in [2.75, 3.05) is 0 Å². The molecule has 0 atom stereocenters. The largest absolute Gasteiger partial charge is 0.309 e. The normalized spacial score (nSPS) is 11.8. The lowest BCUT2D eigenvalue weighted by molar-refractivity contribution is 1.13. The van der Waals surface area contributed by atoms with Crippen LogP contribution in [0.15, 0.2) is 183 Å². The molecule has 8 aromatic carbocycles. The molecule has 0 saturated carbocycles. The Bertz CT molecular complexity index is 2600. The van der Waals surface area contributed by atoms with E-state index >= 15 is 0 Å². The predicted octanol–water partition coefficient (Wildman–Crippen LogP) is 12.8. The van der Waals surface area contributed by atoms with Crippen LogP contribution < -0.4 is 0 Å². The Morgan fingerprint density at radius 2 is 1.10 bits per heavy atom. The van der Waals surface area contributed by atoms with Crippen LogP contribution in [0.5, 0.6) is 0 Å². The Morgan fingerprint density at radius 1 is 0.500 bits per heavy atom. The van der Waals surface area contributed by atoms with Crippen LogP contribution in [-0.4, -0.2) is 4.57 Å². The van der Waals surface area contributed by atoms with Crippen molar-refractivity contribution in [3.8, 4) is 39.2 Å². The minimum atomic E-state index is 0.894. The van der Waals surface area contributed by atoms with Gasteiger partial charge in [-0.15, -0.1) is 0 Å².